The average Bonchev–Trinajstić information content (AvgIpc) is 3.29. The number of carbonyl (C=O) groups is 2. The molecule has 2 fully saturated rings. The minimum Gasteiger partial charge on any atom is -0.462 e. The summed E-state index contributed by atoms with van der Waals surface area (Å²) >= 11 is 0. The number of nitrogens with zero attached hydrogens (tertiary/aromatic N) is 2. The number of H-pyrrole nitrogens is 1. The first-order chi connectivity index (χ1) is 16.9. The molecule has 2 aliphatic heterocycles. The number of piperidine rings is 1. The average molecular weight is 486 g/mol. The first-order valence-electron chi connectivity index (χ1n) is 12.9. The van der Waals surface area contributed by atoms with Crippen LogP contribution in [0.25, 0.3) is 10.9 Å². The minimum atomic E-state index is -1.16. The van der Waals surface area contributed by atoms with Crippen molar-refractivity contribution in [1.29, 1.82) is 0 Å². The van der Waals surface area contributed by atoms with Gasteiger partial charge in [0.05, 0.1) is 11.5 Å². The number of fused-ring (bicyclic) bond motifs is 1. The van der Waals surface area contributed by atoms with Crippen molar-refractivity contribution in [3.8, 4) is 0 Å². The van der Waals surface area contributed by atoms with Gasteiger partial charge < -0.3 is 29.7 Å². The van der Waals surface area contributed by atoms with Crippen LogP contribution in [0.15, 0.2) is 30.5 Å². The Kier molecular flexibility index (Phi) is 8.46. The van der Waals surface area contributed by atoms with Gasteiger partial charge in [-0.1, -0.05) is 24.6 Å². The summed E-state index contributed by atoms with van der Waals surface area (Å²) in [5, 5.41) is 22.0. The topological polar surface area (TPSA) is 106 Å². The van der Waals surface area contributed by atoms with Crippen molar-refractivity contribution in [2.45, 2.75) is 63.6 Å². The van der Waals surface area contributed by atoms with Gasteiger partial charge in [0.15, 0.2) is 0 Å². The van der Waals surface area contributed by atoms with E-state index in [9.17, 15) is 19.8 Å². The number of hydrogen-bond acceptors (Lipinski definition) is 6. The predicted octanol–water partition coefficient (Wildman–Crippen LogP) is 2.48. The summed E-state index contributed by atoms with van der Waals surface area (Å²) in [6, 6.07) is 8.07. The molecular formula is C27H39N3O5. The van der Waals surface area contributed by atoms with Gasteiger partial charge in [0.1, 0.15) is 12.7 Å². The molecule has 0 unspecified atom stereocenters. The van der Waals surface area contributed by atoms with Crippen molar-refractivity contribution < 1.29 is 24.5 Å². The highest BCUT2D eigenvalue weighted by molar-refractivity contribution is 5.84. The van der Waals surface area contributed by atoms with E-state index < -0.39 is 17.6 Å². The number of para-hydroxylation sites is 1. The molecule has 2 saturated heterocycles. The number of likely N-dealkylation sites (tertiary alicyclic amines) is 1. The van der Waals surface area contributed by atoms with Crippen LogP contribution in [0.5, 0.6) is 0 Å². The molecule has 0 aliphatic carbocycles. The number of cyclic esters (lactones) is 1. The molecule has 1 amide bonds. The van der Waals surface area contributed by atoms with E-state index in [0.29, 0.717) is 25.9 Å². The third-order valence-electron chi connectivity index (χ3n) is 7.87. The lowest BCUT2D eigenvalue weighted by molar-refractivity contribution is -0.164. The van der Waals surface area contributed by atoms with Gasteiger partial charge >= 0.3 is 5.97 Å². The quantitative estimate of drug-likeness (QED) is 0.577. The molecule has 2 atom stereocenters. The van der Waals surface area contributed by atoms with Gasteiger partial charge in [-0.05, 0) is 70.3 Å². The van der Waals surface area contributed by atoms with Crippen LogP contribution in [0.4, 0.5) is 0 Å². The summed E-state index contributed by atoms with van der Waals surface area (Å²) in [4.78, 5) is 33.5. The standard InChI is InChI=1S/C27H39N3O5/c1-29-16-12-27(13-17-29)11-4-5-14-30(15-10-23(31)24(32)19-35-26(27)34)25(33)9-8-20-18-28-22-7-3-2-6-21(20)22/h2-3,6-7,18,23-24,28,31-32H,4-5,8-17,19H2,1H3/t23-,24+/m0/s1. The molecule has 0 saturated carbocycles. The Bertz CT molecular complexity index is 998. The van der Waals surface area contributed by atoms with Gasteiger partial charge in [0.2, 0.25) is 5.91 Å². The number of aromatic amines is 1. The second-order valence-electron chi connectivity index (χ2n) is 10.3. The number of aromatic nitrogens is 1. The van der Waals surface area contributed by atoms with Gasteiger partial charge in [0, 0.05) is 36.6 Å². The molecular weight excluding hydrogens is 446 g/mol. The zero-order chi connectivity index (χ0) is 24.8. The summed E-state index contributed by atoms with van der Waals surface area (Å²) in [5.74, 6) is -0.212. The van der Waals surface area contributed by atoms with Crippen LogP contribution in [0.3, 0.4) is 0 Å². The lowest BCUT2D eigenvalue weighted by atomic mass is 9.74. The maximum absolute atomic E-state index is 13.2. The number of esters is 1. The number of amides is 1. The number of aliphatic hydroxyl groups is 2. The number of hydrogen-bond donors (Lipinski definition) is 3. The number of benzene rings is 1. The summed E-state index contributed by atoms with van der Waals surface area (Å²) in [5.41, 5.74) is 1.64. The van der Waals surface area contributed by atoms with E-state index in [-0.39, 0.29) is 24.9 Å². The summed E-state index contributed by atoms with van der Waals surface area (Å²) in [6.07, 6.45) is 4.83. The zero-order valence-corrected chi connectivity index (χ0v) is 20.7. The molecule has 1 aromatic carbocycles. The van der Waals surface area contributed by atoms with E-state index in [4.69, 9.17) is 4.74 Å². The number of rotatable bonds is 3. The molecule has 3 heterocycles. The zero-order valence-electron chi connectivity index (χ0n) is 20.7. The van der Waals surface area contributed by atoms with E-state index >= 15 is 0 Å². The number of ether oxygens (including phenoxy) is 1. The van der Waals surface area contributed by atoms with Crippen molar-refractivity contribution in [3.05, 3.63) is 36.0 Å². The van der Waals surface area contributed by atoms with Crippen LogP contribution in [-0.4, -0.2) is 88.9 Å². The van der Waals surface area contributed by atoms with Gasteiger partial charge in [-0.25, -0.2) is 0 Å². The van der Waals surface area contributed by atoms with Gasteiger partial charge in [-0.2, -0.15) is 0 Å². The maximum Gasteiger partial charge on any atom is 0.312 e. The first-order valence-corrected chi connectivity index (χ1v) is 12.9. The van der Waals surface area contributed by atoms with Gasteiger partial charge in [-0.15, -0.1) is 0 Å². The van der Waals surface area contributed by atoms with Crippen LogP contribution in [0.1, 0.15) is 50.5 Å². The minimum absolute atomic E-state index is 0.0492. The molecule has 2 aromatic rings. The Morgan fingerprint density at radius 2 is 1.86 bits per heavy atom. The van der Waals surface area contributed by atoms with Crippen LogP contribution in [-0.2, 0) is 20.7 Å². The summed E-state index contributed by atoms with van der Waals surface area (Å²) < 4.78 is 5.51. The van der Waals surface area contributed by atoms with E-state index in [1.807, 2.05) is 29.3 Å². The van der Waals surface area contributed by atoms with E-state index in [0.717, 1.165) is 61.7 Å². The van der Waals surface area contributed by atoms with Crippen molar-refractivity contribution >= 4 is 22.8 Å². The highest BCUT2D eigenvalue weighted by Crippen LogP contribution is 2.38. The van der Waals surface area contributed by atoms with Crippen molar-refractivity contribution in [2.24, 2.45) is 5.41 Å². The summed E-state index contributed by atoms with van der Waals surface area (Å²) in [7, 11) is 2.05. The molecule has 1 aromatic heterocycles. The van der Waals surface area contributed by atoms with Crippen LogP contribution >= 0.6 is 0 Å². The normalized spacial score (nSPS) is 25.0. The molecule has 35 heavy (non-hydrogen) atoms. The smallest absolute Gasteiger partial charge is 0.312 e. The third kappa shape index (κ3) is 6.23. The van der Waals surface area contributed by atoms with Crippen molar-refractivity contribution in [3.63, 3.8) is 0 Å². The van der Waals surface area contributed by atoms with E-state index in [1.165, 1.54) is 0 Å². The SMILES string of the molecule is CN1CCC2(CCCCN(C(=O)CCc3c[nH]c4ccccc34)CC[C@H](O)[C@H](O)COC2=O)CC1. The fourth-order valence-corrected chi connectivity index (χ4v) is 5.37. The van der Waals surface area contributed by atoms with Gasteiger partial charge in [0.25, 0.3) is 0 Å². The molecule has 8 nitrogen and oxygen atoms in total. The predicted molar refractivity (Wildman–Crippen MR) is 134 cm³/mol. The van der Waals surface area contributed by atoms with E-state index in [2.05, 4.69) is 23.0 Å². The molecule has 8 heteroatoms. The highest BCUT2D eigenvalue weighted by atomic mass is 16.5. The largest absolute Gasteiger partial charge is 0.462 e. The summed E-state index contributed by atoms with van der Waals surface area (Å²) in [6.45, 7) is 2.40. The van der Waals surface area contributed by atoms with Crippen molar-refractivity contribution in [1.82, 2.24) is 14.8 Å². The number of aryl methyl sites for hydroxylation is 1. The number of carbonyl (C=O) groups excluding carboxylic acids is 2. The fraction of sp³-hybridized carbons (Fsp3) is 0.630. The second kappa shape index (κ2) is 11.5. The molecule has 2 aliphatic rings. The molecule has 3 N–H and O–H groups in total. The maximum atomic E-state index is 13.2. The molecule has 4 rings (SSSR count). The molecule has 0 bridgehead atoms. The lowest BCUT2D eigenvalue weighted by Crippen LogP contribution is -2.45. The monoisotopic (exact) mass is 485 g/mol. The number of aliphatic hydroxyl groups excluding tert-OH is 2. The van der Waals surface area contributed by atoms with Gasteiger partial charge in [-0.3, -0.25) is 9.59 Å². The Morgan fingerprint density at radius 1 is 1.09 bits per heavy atom. The number of nitrogens with one attached hydrogen (secondary N) is 1. The highest BCUT2D eigenvalue weighted by Gasteiger charge is 2.42. The molecule has 192 valence electrons. The second-order valence-corrected chi connectivity index (χ2v) is 10.3. The van der Waals surface area contributed by atoms with Crippen molar-refractivity contribution in [2.75, 3.05) is 39.8 Å². The fourth-order valence-electron chi connectivity index (χ4n) is 5.37. The molecule has 0 radical (unpaired) electrons. The Morgan fingerprint density at radius 3 is 2.66 bits per heavy atom. The third-order valence-corrected chi connectivity index (χ3v) is 7.87. The lowest BCUT2D eigenvalue weighted by Gasteiger charge is -2.39. The van der Waals surface area contributed by atoms with Crippen LogP contribution in [0.2, 0.25) is 0 Å². The van der Waals surface area contributed by atoms with E-state index in [1.54, 1.807) is 0 Å². The van der Waals surface area contributed by atoms with Crippen LogP contribution < -0.4 is 0 Å². The first kappa shape index (κ1) is 25.7. The Labute approximate surface area is 207 Å². The Balaban J connectivity index is 1.41. The molecule has 1 spiro atoms. The van der Waals surface area contributed by atoms with Crippen LogP contribution in [0, 0.1) is 5.41 Å². The Hall–Kier alpha value is -2.42.